The topological polar surface area (TPSA) is 8.17 Å². The van der Waals surface area contributed by atoms with Crippen LogP contribution in [0.2, 0.25) is 0 Å². The van der Waals surface area contributed by atoms with Crippen molar-refractivity contribution in [2.24, 2.45) is 5.41 Å². The second kappa shape index (κ2) is 6.38. The molecule has 3 heterocycles. The monoisotopic (exact) mass is 394 g/mol. The molecular formula is C28H30N2. The lowest BCUT2D eigenvalue weighted by atomic mass is 9.64. The largest absolute Gasteiger partial charge is 0.365 e. The number of fused-ring (bicyclic) bond motifs is 6. The molecule has 0 unspecified atom stereocenters. The van der Waals surface area contributed by atoms with Crippen LogP contribution in [0.25, 0.3) is 27.5 Å². The van der Waals surface area contributed by atoms with Crippen LogP contribution in [0.4, 0.5) is 5.69 Å². The molecule has 3 fully saturated rings. The average molecular weight is 395 g/mol. The van der Waals surface area contributed by atoms with Gasteiger partial charge in [-0.05, 0) is 80.8 Å². The lowest BCUT2D eigenvalue weighted by Crippen LogP contribution is -2.59. The fourth-order valence-corrected chi connectivity index (χ4v) is 6.26. The number of benzene rings is 3. The lowest BCUT2D eigenvalue weighted by molar-refractivity contribution is 0.0967. The molecule has 2 bridgehead atoms. The van der Waals surface area contributed by atoms with E-state index in [1.807, 2.05) is 0 Å². The molecule has 2 saturated heterocycles. The van der Waals surface area contributed by atoms with E-state index < -0.39 is 0 Å². The van der Waals surface area contributed by atoms with Crippen LogP contribution in [0.5, 0.6) is 0 Å². The maximum absolute atomic E-state index is 2.77. The van der Waals surface area contributed by atoms with Crippen molar-refractivity contribution in [2.45, 2.75) is 58.5 Å². The molecule has 3 aliphatic rings. The summed E-state index contributed by atoms with van der Waals surface area (Å²) in [5.41, 5.74) is 7.12. The molecule has 30 heavy (non-hydrogen) atoms. The van der Waals surface area contributed by atoms with Crippen molar-refractivity contribution in [1.82, 2.24) is 4.57 Å². The number of nitrogens with zero attached hydrogens (tertiary/aromatic N) is 2. The average Bonchev–Trinajstić information content (AvgIpc) is 3.08. The van der Waals surface area contributed by atoms with E-state index in [2.05, 4.69) is 97.0 Å². The van der Waals surface area contributed by atoms with Gasteiger partial charge in [0.1, 0.15) is 0 Å². The summed E-state index contributed by atoms with van der Waals surface area (Å²) in [6.07, 6.45) is 5.43. The minimum atomic E-state index is 0.453. The van der Waals surface area contributed by atoms with Gasteiger partial charge in [0.05, 0.1) is 11.0 Å². The van der Waals surface area contributed by atoms with Crippen LogP contribution in [-0.2, 0) is 0 Å². The zero-order valence-corrected chi connectivity index (χ0v) is 18.2. The van der Waals surface area contributed by atoms with Crippen LogP contribution in [0.3, 0.4) is 0 Å². The van der Waals surface area contributed by atoms with Crippen molar-refractivity contribution in [1.29, 1.82) is 0 Å². The molecule has 0 spiro atoms. The molecule has 0 N–H and O–H groups in total. The minimum absolute atomic E-state index is 0.453. The Morgan fingerprint density at radius 1 is 0.833 bits per heavy atom. The normalized spacial score (nSPS) is 26.0. The molecule has 2 aliphatic heterocycles. The lowest BCUT2D eigenvalue weighted by Gasteiger charge is -2.57. The third kappa shape index (κ3) is 2.43. The van der Waals surface area contributed by atoms with Crippen LogP contribution >= 0.6 is 0 Å². The highest BCUT2D eigenvalue weighted by atomic mass is 15.2. The van der Waals surface area contributed by atoms with Crippen LogP contribution in [0.15, 0.2) is 66.7 Å². The molecule has 2 nitrogen and oxygen atoms in total. The van der Waals surface area contributed by atoms with E-state index in [0.29, 0.717) is 17.5 Å². The van der Waals surface area contributed by atoms with Crippen molar-refractivity contribution in [3.8, 4) is 5.69 Å². The summed E-state index contributed by atoms with van der Waals surface area (Å²) in [4.78, 5) is 2.77. The Morgan fingerprint density at radius 3 is 2.30 bits per heavy atom. The molecule has 152 valence electrons. The van der Waals surface area contributed by atoms with Gasteiger partial charge in [-0.25, -0.2) is 0 Å². The minimum Gasteiger partial charge on any atom is -0.365 e. The molecule has 2 heteroatoms. The summed E-state index contributed by atoms with van der Waals surface area (Å²) in [5, 5.41) is 2.72. The SMILES string of the molecule is Cc1cc2c(cc1N1C3CCC(C)(CC3)[C@@H]1C)c1ccccc1n2-c1ccccc1. The molecular weight excluding hydrogens is 364 g/mol. The van der Waals surface area contributed by atoms with Gasteiger partial charge in [0.2, 0.25) is 0 Å². The van der Waals surface area contributed by atoms with Crippen molar-refractivity contribution < 1.29 is 0 Å². The summed E-state index contributed by atoms with van der Waals surface area (Å²) in [5.74, 6) is 0. The predicted molar refractivity (Wildman–Crippen MR) is 128 cm³/mol. The Kier molecular flexibility index (Phi) is 3.84. The molecule has 3 aromatic carbocycles. The van der Waals surface area contributed by atoms with E-state index in [0.717, 1.165) is 0 Å². The summed E-state index contributed by atoms with van der Waals surface area (Å²) in [7, 11) is 0. The quantitative estimate of drug-likeness (QED) is 0.347. The highest BCUT2D eigenvalue weighted by Gasteiger charge is 2.47. The number of hydrogen-bond acceptors (Lipinski definition) is 1. The Labute approximate surface area is 179 Å². The molecule has 1 aromatic heterocycles. The van der Waals surface area contributed by atoms with Gasteiger partial charge in [-0.2, -0.15) is 0 Å². The first-order valence-electron chi connectivity index (χ1n) is 11.4. The number of anilines is 1. The van der Waals surface area contributed by atoms with Crippen LogP contribution in [0, 0.1) is 12.3 Å². The molecule has 1 aliphatic carbocycles. The van der Waals surface area contributed by atoms with Gasteiger partial charge >= 0.3 is 0 Å². The van der Waals surface area contributed by atoms with Crippen molar-refractivity contribution >= 4 is 27.5 Å². The first-order chi connectivity index (χ1) is 14.6. The van der Waals surface area contributed by atoms with E-state index in [-0.39, 0.29) is 0 Å². The van der Waals surface area contributed by atoms with E-state index in [4.69, 9.17) is 0 Å². The number of para-hydroxylation sites is 2. The molecule has 0 radical (unpaired) electrons. The third-order valence-electron chi connectivity index (χ3n) is 8.20. The fraction of sp³-hybridized carbons (Fsp3) is 0.357. The number of aromatic nitrogens is 1. The molecule has 7 rings (SSSR count). The molecule has 0 amide bonds. The molecule has 1 atom stereocenters. The third-order valence-corrected chi connectivity index (χ3v) is 8.20. The smallest absolute Gasteiger partial charge is 0.0545 e. The summed E-state index contributed by atoms with van der Waals surface area (Å²) >= 11 is 0. The van der Waals surface area contributed by atoms with Crippen molar-refractivity contribution in [3.63, 3.8) is 0 Å². The first-order valence-corrected chi connectivity index (χ1v) is 11.4. The van der Waals surface area contributed by atoms with E-state index >= 15 is 0 Å². The zero-order chi connectivity index (χ0) is 20.5. The van der Waals surface area contributed by atoms with Gasteiger partial charge in [0.15, 0.2) is 0 Å². The van der Waals surface area contributed by atoms with Gasteiger partial charge in [-0.1, -0.05) is 43.3 Å². The second-order valence-corrected chi connectivity index (χ2v) is 9.81. The Morgan fingerprint density at radius 2 is 1.53 bits per heavy atom. The maximum atomic E-state index is 2.77. The Hall–Kier alpha value is -2.74. The number of aryl methyl sites for hydroxylation is 1. The van der Waals surface area contributed by atoms with Gasteiger partial charge in [-0.3, -0.25) is 0 Å². The predicted octanol–water partition coefficient (Wildman–Crippen LogP) is 7.25. The van der Waals surface area contributed by atoms with Crippen molar-refractivity contribution in [2.75, 3.05) is 4.90 Å². The molecule has 1 saturated carbocycles. The summed E-state index contributed by atoms with van der Waals surface area (Å²) in [6.45, 7) is 7.27. The maximum Gasteiger partial charge on any atom is 0.0545 e. The summed E-state index contributed by atoms with van der Waals surface area (Å²) < 4.78 is 2.43. The van der Waals surface area contributed by atoms with Gasteiger partial charge in [-0.15, -0.1) is 0 Å². The Bertz CT molecular complexity index is 1240. The fourth-order valence-electron chi connectivity index (χ4n) is 6.26. The van der Waals surface area contributed by atoms with Gasteiger partial charge < -0.3 is 9.47 Å². The van der Waals surface area contributed by atoms with Gasteiger partial charge in [0.25, 0.3) is 0 Å². The van der Waals surface area contributed by atoms with Crippen LogP contribution in [0.1, 0.15) is 45.1 Å². The highest BCUT2D eigenvalue weighted by Crippen LogP contribution is 2.51. The van der Waals surface area contributed by atoms with E-state index in [1.54, 1.807) is 0 Å². The van der Waals surface area contributed by atoms with E-state index in [1.165, 1.54) is 64.4 Å². The number of rotatable bonds is 2. The summed E-state index contributed by atoms with van der Waals surface area (Å²) in [6, 6.07) is 25.8. The van der Waals surface area contributed by atoms with Crippen LogP contribution < -0.4 is 4.90 Å². The standard InChI is InChI=1S/C28H30N2/c1-19-17-27-24(18-26(19)29-20(2)28(3)15-13-22(29)14-16-28)23-11-7-8-12-25(23)30(27)21-9-5-4-6-10-21/h4-12,17-18,20,22H,13-16H2,1-3H3/t20-,22?,28?/m0/s1. The second-order valence-electron chi connectivity index (χ2n) is 9.81. The van der Waals surface area contributed by atoms with Crippen molar-refractivity contribution in [3.05, 3.63) is 72.3 Å². The first kappa shape index (κ1) is 18.1. The zero-order valence-electron chi connectivity index (χ0n) is 18.2. The van der Waals surface area contributed by atoms with E-state index in [9.17, 15) is 0 Å². The Balaban J connectivity index is 1.61. The number of hydrogen-bond donors (Lipinski definition) is 0. The van der Waals surface area contributed by atoms with Gasteiger partial charge in [0, 0.05) is 34.2 Å². The highest BCUT2D eigenvalue weighted by molar-refractivity contribution is 6.10. The molecule has 4 aromatic rings. The van der Waals surface area contributed by atoms with Crippen LogP contribution in [-0.4, -0.2) is 16.7 Å². The number of piperidine rings is 2.